The van der Waals surface area contributed by atoms with Crippen molar-refractivity contribution in [2.75, 3.05) is 25.0 Å². The minimum atomic E-state index is -0.259. The van der Waals surface area contributed by atoms with Gasteiger partial charge in [0.2, 0.25) is 11.8 Å². The molecule has 1 aromatic rings. The van der Waals surface area contributed by atoms with Crippen LogP contribution in [0.5, 0.6) is 0 Å². The maximum atomic E-state index is 12.0. The number of nitrogens with one attached hydrogen (secondary N) is 1. The van der Waals surface area contributed by atoms with Gasteiger partial charge in [-0.3, -0.25) is 14.5 Å². The summed E-state index contributed by atoms with van der Waals surface area (Å²) in [7, 11) is 0. The number of likely N-dealkylation sites (tertiary alicyclic amines) is 1. The first-order chi connectivity index (χ1) is 9.97. The number of hydrogen-bond donors (Lipinski definition) is 2. The average molecular weight is 330 g/mol. The molecular formula is C14H17Cl2N3O2. The Morgan fingerprint density at radius 1 is 1.29 bits per heavy atom. The van der Waals surface area contributed by atoms with Crippen LogP contribution in [0.15, 0.2) is 18.2 Å². The lowest BCUT2D eigenvalue weighted by molar-refractivity contribution is -0.123. The summed E-state index contributed by atoms with van der Waals surface area (Å²) in [4.78, 5) is 25.1. The summed E-state index contributed by atoms with van der Waals surface area (Å²) >= 11 is 11.9. The highest BCUT2D eigenvalue weighted by molar-refractivity contribution is 6.43. The molecule has 0 saturated carbocycles. The van der Waals surface area contributed by atoms with Crippen LogP contribution in [0.1, 0.15) is 12.8 Å². The Morgan fingerprint density at radius 2 is 1.95 bits per heavy atom. The highest BCUT2D eigenvalue weighted by Gasteiger charge is 2.24. The van der Waals surface area contributed by atoms with Gasteiger partial charge in [0.25, 0.3) is 0 Å². The van der Waals surface area contributed by atoms with Crippen LogP contribution >= 0.6 is 23.2 Å². The van der Waals surface area contributed by atoms with Crippen molar-refractivity contribution in [3.05, 3.63) is 28.2 Å². The largest absolute Gasteiger partial charge is 0.369 e. The number of nitrogens with two attached hydrogens (primary N) is 1. The molecular weight excluding hydrogens is 313 g/mol. The minimum absolute atomic E-state index is 0.0771. The predicted molar refractivity (Wildman–Crippen MR) is 83.5 cm³/mol. The number of carbonyl (C=O) groups is 2. The van der Waals surface area contributed by atoms with E-state index in [4.69, 9.17) is 28.9 Å². The minimum Gasteiger partial charge on any atom is -0.369 e. The molecule has 0 spiro atoms. The van der Waals surface area contributed by atoms with Gasteiger partial charge in [0.05, 0.1) is 22.3 Å². The topological polar surface area (TPSA) is 75.4 Å². The number of benzene rings is 1. The van der Waals surface area contributed by atoms with Crippen molar-refractivity contribution in [3.8, 4) is 0 Å². The van der Waals surface area contributed by atoms with Gasteiger partial charge in [-0.05, 0) is 38.1 Å². The first-order valence-electron chi connectivity index (χ1n) is 6.73. The lowest BCUT2D eigenvalue weighted by Gasteiger charge is -2.29. The van der Waals surface area contributed by atoms with Gasteiger partial charge in [0, 0.05) is 5.92 Å². The fourth-order valence-corrected chi connectivity index (χ4v) is 2.72. The van der Waals surface area contributed by atoms with E-state index in [1.807, 2.05) is 4.90 Å². The average Bonchev–Trinajstić information content (AvgIpc) is 2.44. The van der Waals surface area contributed by atoms with Crippen molar-refractivity contribution in [3.63, 3.8) is 0 Å². The molecule has 21 heavy (non-hydrogen) atoms. The number of hydrogen-bond acceptors (Lipinski definition) is 3. The van der Waals surface area contributed by atoms with E-state index in [1.165, 1.54) is 0 Å². The molecule has 0 unspecified atom stereocenters. The molecule has 3 N–H and O–H groups in total. The zero-order chi connectivity index (χ0) is 15.4. The van der Waals surface area contributed by atoms with Crippen molar-refractivity contribution in [1.29, 1.82) is 0 Å². The number of nitrogens with zero attached hydrogens (tertiary/aromatic N) is 1. The second-order valence-corrected chi connectivity index (χ2v) is 5.89. The summed E-state index contributed by atoms with van der Waals surface area (Å²) < 4.78 is 0. The van der Waals surface area contributed by atoms with E-state index in [-0.39, 0.29) is 24.3 Å². The van der Waals surface area contributed by atoms with E-state index in [0.717, 1.165) is 0 Å². The fraction of sp³-hybridized carbons (Fsp3) is 0.429. The maximum Gasteiger partial charge on any atom is 0.238 e. The summed E-state index contributed by atoms with van der Waals surface area (Å²) in [6, 6.07) is 5.09. The first-order valence-corrected chi connectivity index (χ1v) is 7.48. The highest BCUT2D eigenvalue weighted by atomic mass is 35.5. The molecule has 1 fully saturated rings. The molecule has 1 aromatic carbocycles. The van der Waals surface area contributed by atoms with Gasteiger partial charge in [0.1, 0.15) is 0 Å². The van der Waals surface area contributed by atoms with Gasteiger partial charge >= 0.3 is 0 Å². The number of carbonyl (C=O) groups excluding carboxylic acids is 2. The second-order valence-electron chi connectivity index (χ2n) is 5.10. The normalized spacial score (nSPS) is 16.7. The third kappa shape index (κ3) is 4.33. The van der Waals surface area contributed by atoms with Crippen LogP contribution < -0.4 is 11.1 Å². The Bertz CT molecular complexity index is 543. The van der Waals surface area contributed by atoms with E-state index in [0.29, 0.717) is 41.7 Å². The van der Waals surface area contributed by atoms with Gasteiger partial charge < -0.3 is 11.1 Å². The Hall–Kier alpha value is -1.30. The van der Waals surface area contributed by atoms with E-state index in [1.54, 1.807) is 18.2 Å². The van der Waals surface area contributed by atoms with Crippen LogP contribution in [0, 0.1) is 5.92 Å². The van der Waals surface area contributed by atoms with Gasteiger partial charge in [0.15, 0.2) is 0 Å². The smallest absolute Gasteiger partial charge is 0.238 e. The highest BCUT2D eigenvalue weighted by Crippen LogP contribution is 2.29. The molecule has 1 saturated heterocycles. The quantitative estimate of drug-likeness (QED) is 0.888. The van der Waals surface area contributed by atoms with Gasteiger partial charge in [-0.2, -0.15) is 0 Å². The third-order valence-electron chi connectivity index (χ3n) is 3.58. The molecule has 5 nitrogen and oxygen atoms in total. The summed E-state index contributed by atoms with van der Waals surface area (Å²) in [6.07, 6.45) is 1.39. The summed E-state index contributed by atoms with van der Waals surface area (Å²) in [5.41, 5.74) is 5.78. The number of rotatable bonds is 4. The van der Waals surface area contributed by atoms with E-state index in [2.05, 4.69) is 5.32 Å². The lowest BCUT2D eigenvalue weighted by Crippen LogP contribution is -2.42. The molecule has 1 heterocycles. The maximum absolute atomic E-state index is 12.0. The Labute approximate surface area is 133 Å². The van der Waals surface area contributed by atoms with Crippen LogP contribution in [-0.4, -0.2) is 36.3 Å². The zero-order valence-electron chi connectivity index (χ0n) is 11.4. The molecule has 1 aliphatic rings. The lowest BCUT2D eigenvalue weighted by atomic mass is 9.96. The van der Waals surface area contributed by atoms with Gasteiger partial charge in [-0.25, -0.2) is 0 Å². The number of halogens is 2. The van der Waals surface area contributed by atoms with Crippen molar-refractivity contribution < 1.29 is 9.59 Å². The van der Waals surface area contributed by atoms with E-state index >= 15 is 0 Å². The third-order valence-corrected chi connectivity index (χ3v) is 4.40. The molecule has 0 atom stereocenters. The molecule has 0 aliphatic carbocycles. The fourth-order valence-electron chi connectivity index (χ4n) is 2.37. The molecule has 1 aliphatic heterocycles. The Morgan fingerprint density at radius 3 is 2.57 bits per heavy atom. The first kappa shape index (κ1) is 16.1. The van der Waals surface area contributed by atoms with Crippen molar-refractivity contribution in [1.82, 2.24) is 4.90 Å². The van der Waals surface area contributed by atoms with Crippen LogP contribution in [-0.2, 0) is 9.59 Å². The summed E-state index contributed by atoms with van der Waals surface area (Å²) in [5, 5.41) is 3.48. The van der Waals surface area contributed by atoms with Crippen LogP contribution in [0.4, 0.5) is 5.69 Å². The zero-order valence-corrected chi connectivity index (χ0v) is 13.0. The van der Waals surface area contributed by atoms with Crippen LogP contribution in [0.25, 0.3) is 0 Å². The number of piperidine rings is 1. The second kappa shape index (κ2) is 7.11. The monoisotopic (exact) mass is 329 g/mol. The molecule has 0 bridgehead atoms. The molecule has 2 rings (SSSR count). The molecule has 0 aromatic heterocycles. The summed E-state index contributed by atoms with van der Waals surface area (Å²) in [6.45, 7) is 1.63. The molecule has 114 valence electrons. The Balaban J connectivity index is 1.86. The van der Waals surface area contributed by atoms with Gasteiger partial charge in [-0.1, -0.05) is 29.3 Å². The van der Waals surface area contributed by atoms with Crippen LogP contribution in [0.3, 0.4) is 0 Å². The molecule has 2 amide bonds. The predicted octanol–water partition coefficient (Wildman–Crippen LogP) is 2.13. The Kier molecular flexibility index (Phi) is 5.45. The van der Waals surface area contributed by atoms with Gasteiger partial charge in [-0.15, -0.1) is 0 Å². The SMILES string of the molecule is NC(=O)C1CCN(CC(=O)Nc2cccc(Cl)c2Cl)CC1. The van der Waals surface area contributed by atoms with Crippen LogP contribution in [0.2, 0.25) is 10.0 Å². The number of amides is 2. The van der Waals surface area contributed by atoms with Crippen molar-refractivity contribution in [2.45, 2.75) is 12.8 Å². The molecule has 7 heteroatoms. The van der Waals surface area contributed by atoms with Crippen molar-refractivity contribution in [2.24, 2.45) is 11.7 Å². The summed E-state index contributed by atoms with van der Waals surface area (Å²) in [5.74, 6) is -0.492. The standard InChI is InChI=1S/C14H17Cl2N3O2/c15-10-2-1-3-11(13(10)16)18-12(20)8-19-6-4-9(5-7-19)14(17)21/h1-3,9H,4-8H2,(H2,17,21)(H,18,20). The van der Waals surface area contributed by atoms with E-state index < -0.39 is 0 Å². The van der Waals surface area contributed by atoms with E-state index in [9.17, 15) is 9.59 Å². The van der Waals surface area contributed by atoms with Crippen molar-refractivity contribution >= 4 is 40.7 Å². The number of primary amides is 1. The number of anilines is 1. The molecule has 0 radical (unpaired) electrons.